The van der Waals surface area contributed by atoms with Crippen LogP contribution in [0.25, 0.3) is 10.9 Å². The number of piperidine rings is 1. The average molecular weight is 436 g/mol. The molecule has 1 fully saturated rings. The van der Waals surface area contributed by atoms with Crippen LogP contribution in [-0.4, -0.2) is 23.6 Å². The second kappa shape index (κ2) is 9.76. The molecule has 4 aromatic rings. The molecule has 0 amide bonds. The largest absolute Gasteiger partial charge is 0.368 e. The molecule has 0 unspecified atom stereocenters. The van der Waals surface area contributed by atoms with Crippen LogP contribution in [0.5, 0.6) is 0 Å². The highest BCUT2D eigenvalue weighted by Crippen LogP contribution is 2.29. The zero-order valence-electron chi connectivity index (χ0n) is 19.7. The van der Waals surface area contributed by atoms with Crippen molar-refractivity contribution in [1.29, 1.82) is 0 Å². The van der Waals surface area contributed by atoms with E-state index in [1.54, 1.807) is 0 Å². The van der Waals surface area contributed by atoms with E-state index in [0.29, 0.717) is 12.1 Å². The van der Waals surface area contributed by atoms with Crippen molar-refractivity contribution >= 4 is 16.6 Å². The number of aryl methyl sites for hydroxylation is 2. The third-order valence-corrected chi connectivity index (χ3v) is 6.80. The molecule has 1 aliphatic rings. The average Bonchev–Trinajstić information content (AvgIpc) is 2.83. The lowest BCUT2D eigenvalue weighted by atomic mass is 9.91. The molecule has 3 heteroatoms. The van der Waals surface area contributed by atoms with Crippen LogP contribution in [0.15, 0.2) is 84.9 Å². The number of para-hydroxylation sites is 1. The van der Waals surface area contributed by atoms with Crippen molar-refractivity contribution in [2.45, 2.75) is 51.7 Å². The Labute approximate surface area is 197 Å². The van der Waals surface area contributed by atoms with Crippen molar-refractivity contribution in [1.82, 2.24) is 10.3 Å². The van der Waals surface area contributed by atoms with E-state index < -0.39 is 0 Å². The number of hydrogen-bond donors (Lipinski definition) is 1. The Bertz CT molecular complexity index is 1200. The van der Waals surface area contributed by atoms with Crippen LogP contribution in [0, 0.1) is 13.8 Å². The van der Waals surface area contributed by atoms with Gasteiger partial charge in [0.2, 0.25) is 0 Å². The molecular formula is C30H33N3. The first-order valence-electron chi connectivity index (χ1n) is 12.1. The van der Waals surface area contributed by atoms with Crippen molar-refractivity contribution in [3.63, 3.8) is 0 Å². The summed E-state index contributed by atoms with van der Waals surface area (Å²) in [5, 5.41) is 5.02. The summed E-state index contributed by atoms with van der Waals surface area (Å²) in [5.74, 6) is 0. The number of anilines is 1. The maximum absolute atomic E-state index is 4.86. The standard InChI is InChI=1S/C30H33N3/c1-22-16-23(2)18-28(17-22)33-15-14-26(20-29(33)19-24-8-4-3-5-9-24)31-21-27-13-12-25-10-6-7-11-30(25)32-27/h3-13,16-18,26,29,31H,14-15,19-21H2,1-2H3/t26-,29+/m0/s1. The van der Waals surface area contributed by atoms with E-state index in [-0.39, 0.29) is 0 Å². The predicted molar refractivity (Wildman–Crippen MR) is 139 cm³/mol. The maximum Gasteiger partial charge on any atom is 0.0705 e. The molecular weight excluding hydrogens is 402 g/mol. The van der Waals surface area contributed by atoms with E-state index in [0.717, 1.165) is 43.6 Å². The lowest BCUT2D eigenvalue weighted by Crippen LogP contribution is -2.49. The van der Waals surface area contributed by atoms with E-state index >= 15 is 0 Å². The quantitative estimate of drug-likeness (QED) is 0.390. The smallest absolute Gasteiger partial charge is 0.0705 e. The summed E-state index contributed by atoms with van der Waals surface area (Å²) in [6.07, 6.45) is 3.35. The zero-order chi connectivity index (χ0) is 22.6. The number of nitrogens with one attached hydrogen (secondary N) is 1. The fourth-order valence-corrected chi connectivity index (χ4v) is 5.23. The highest BCUT2D eigenvalue weighted by Gasteiger charge is 2.29. The number of nitrogens with zero attached hydrogens (tertiary/aromatic N) is 2. The van der Waals surface area contributed by atoms with Gasteiger partial charge in [0.25, 0.3) is 0 Å². The Morgan fingerprint density at radius 2 is 1.64 bits per heavy atom. The van der Waals surface area contributed by atoms with E-state index in [2.05, 4.69) is 109 Å². The number of benzene rings is 3. The van der Waals surface area contributed by atoms with Crippen LogP contribution in [-0.2, 0) is 13.0 Å². The number of rotatable bonds is 6. The van der Waals surface area contributed by atoms with Crippen molar-refractivity contribution in [3.05, 3.63) is 107 Å². The van der Waals surface area contributed by atoms with Crippen molar-refractivity contribution in [2.24, 2.45) is 0 Å². The Morgan fingerprint density at radius 3 is 2.45 bits per heavy atom. The molecule has 33 heavy (non-hydrogen) atoms. The van der Waals surface area contributed by atoms with Gasteiger partial charge in [-0.25, -0.2) is 0 Å². The minimum absolute atomic E-state index is 0.476. The summed E-state index contributed by atoms with van der Waals surface area (Å²) in [6.45, 7) is 6.29. The molecule has 5 rings (SSSR count). The lowest BCUT2D eigenvalue weighted by molar-refractivity contribution is 0.352. The van der Waals surface area contributed by atoms with Gasteiger partial charge in [0.15, 0.2) is 0 Å². The molecule has 3 aromatic carbocycles. The van der Waals surface area contributed by atoms with Gasteiger partial charge in [-0.2, -0.15) is 0 Å². The summed E-state index contributed by atoms with van der Waals surface area (Å²) < 4.78 is 0. The monoisotopic (exact) mass is 435 g/mol. The number of fused-ring (bicyclic) bond motifs is 1. The Balaban J connectivity index is 1.32. The zero-order valence-corrected chi connectivity index (χ0v) is 19.7. The van der Waals surface area contributed by atoms with Crippen LogP contribution < -0.4 is 10.2 Å². The van der Waals surface area contributed by atoms with Crippen LogP contribution in [0.3, 0.4) is 0 Å². The molecule has 1 aromatic heterocycles. The Kier molecular flexibility index (Phi) is 6.41. The molecule has 3 nitrogen and oxygen atoms in total. The molecule has 0 saturated carbocycles. The fourth-order valence-electron chi connectivity index (χ4n) is 5.23. The normalized spacial score (nSPS) is 18.5. The SMILES string of the molecule is Cc1cc(C)cc(N2CC[C@H](NCc3ccc4ccccc4n3)C[C@H]2Cc2ccccc2)c1. The Hall–Kier alpha value is -3.17. The minimum atomic E-state index is 0.476. The van der Waals surface area contributed by atoms with Crippen LogP contribution in [0.1, 0.15) is 35.2 Å². The van der Waals surface area contributed by atoms with Gasteiger partial charge in [0.1, 0.15) is 0 Å². The minimum Gasteiger partial charge on any atom is -0.368 e. The molecule has 0 spiro atoms. The summed E-state index contributed by atoms with van der Waals surface area (Å²) in [4.78, 5) is 7.49. The first-order chi connectivity index (χ1) is 16.1. The second-order valence-corrected chi connectivity index (χ2v) is 9.48. The number of hydrogen-bond acceptors (Lipinski definition) is 3. The highest BCUT2D eigenvalue weighted by atomic mass is 15.2. The molecule has 0 radical (unpaired) electrons. The van der Waals surface area contributed by atoms with Gasteiger partial charge in [-0.3, -0.25) is 4.98 Å². The van der Waals surface area contributed by atoms with E-state index in [1.807, 2.05) is 0 Å². The summed E-state index contributed by atoms with van der Waals surface area (Å²) >= 11 is 0. The predicted octanol–water partition coefficient (Wildman–Crippen LogP) is 6.22. The summed E-state index contributed by atoms with van der Waals surface area (Å²) in [5.41, 5.74) is 7.64. The molecule has 1 saturated heterocycles. The van der Waals surface area contributed by atoms with Gasteiger partial charge in [0, 0.05) is 36.2 Å². The maximum atomic E-state index is 4.86. The molecule has 1 aliphatic heterocycles. The molecule has 1 N–H and O–H groups in total. The summed E-state index contributed by atoms with van der Waals surface area (Å²) in [7, 11) is 0. The van der Waals surface area contributed by atoms with E-state index in [4.69, 9.17) is 4.98 Å². The Morgan fingerprint density at radius 1 is 0.879 bits per heavy atom. The number of aromatic nitrogens is 1. The first kappa shape index (κ1) is 21.7. The molecule has 0 aliphatic carbocycles. The van der Waals surface area contributed by atoms with Gasteiger partial charge in [-0.15, -0.1) is 0 Å². The lowest BCUT2D eigenvalue weighted by Gasteiger charge is -2.42. The van der Waals surface area contributed by atoms with E-state index in [1.165, 1.54) is 27.8 Å². The van der Waals surface area contributed by atoms with Gasteiger partial charge < -0.3 is 10.2 Å². The highest BCUT2D eigenvalue weighted by molar-refractivity contribution is 5.78. The fraction of sp³-hybridized carbons (Fsp3) is 0.300. The van der Waals surface area contributed by atoms with E-state index in [9.17, 15) is 0 Å². The first-order valence-corrected chi connectivity index (χ1v) is 12.1. The van der Waals surface area contributed by atoms with Gasteiger partial charge in [-0.05, 0) is 74.1 Å². The molecule has 2 heterocycles. The van der Waals surface area contributed by atoms with Gasteiger partial charge in [0.05, 0.1) is 11.2 Å². The summed E-state index contributed by atoms with van der Waals surface area (Å²) in [6, 6.07) is 31.5. The van der Waals surface area contributed by atoms with Crippen LogP contribution in [0.2, 0.25) is 0 Å². The second-order valence-electron chi connectivity index (χ2n) is 9.48. The molecule has 0 bridgehead atoms. The molecule has 168 valence electrons. The number of pyridine rings is 1. The van der Waals surface area contributed by atoms with Gasteiger partial charge >= 0.3 is 0 Å². The third kappa shape index (κ3) is 5.26. The van der Waals surface area contributed by atoms with Crippen LogP contribution >= 0.6 is 0 Å². The van der Waals surface area contributed by atoms with Crippen LogP contribution in [0.4, 0.5) is 5.69 Å². The third-order valence-electron chi connectivity index (χ3n) is 6.80. The van der Waals surface area contributed by atoms with Crippen molar-refractivity contribution in [2.75, 3.05) is 11.4 Å². The topological polar surface area (TPSA) is 28.2 Å². The van der Waals surface area contributed by atoms with Crippen molar-refractivity contribution in [3.8, 4) is 0 Å². The van der Waals surface area contributed by atoms with Crippen molar-refractivity contribution < 1.29 is 0 Å². The molecule has 2 atom stereocenters. The van der Waals surface area contributed by atoms with Gasteiger partial charge in [-0.1, -0.05) is 60.7 Å².